The summed E-state index contributed by atoms with van der Waals surface area (Å²) in [4.78, 5) is 24.8. The Morgan fingerprint density at radius 3 is 2.66 bits per heavy atom. The van der Waals surface area contributed by atoms with Gasteiger partial charge in [-0.25, -0.2) is 13.5 Å². The van der Waals surface area contributed by atoms with E-state index in [1.807, 2.05) is 13.8 Å². The highest BCUT2D eigenvalue weighted by Gasteiger charge is 2.33. The number of anilines is 1. The molecule has 1 aromatic heterocycles. The van der Waals surface area contributed by atoms with Crippen LogP contribution >= 0.6 is 0 Å². The predicted octanol–water partition coefficient (Wildman–Crippen LogP) is 2.88. The number of carbonyl (C=O) groups excluding carboxylic acids is 2. The fourth-order valence-corrected chi connectivity index (χ4v) is 3.38. The molecule has 1 aromatic carbocycles. The van der Waals surface area contributed by atoms with Crippen LogP contribution in [0.3, 0.4) is 0 Å². The second-order valence-electron chi connectivity index (χ2n) is 7.95. The minimum Gasteiger partial charge on any atom is -0.322 e. The highest BCUT2D eigenvalue weighted by molar-refractivity contribution is 6.03. The summed E-state index contributed by atoms with van der Waals surface area (Å²) in [6.07, 6.45) is 1.79. The van der Waals surface area contributed by atoms with Gasteiger partial charge in [-0.2, -0.15) is 5.10 Å². The number of rotatable bonds is 5. The van der Waals surface area contributed by atoms with Gasteiger partial charge < -0.3 is 10.6 Å². The third kappa shape index (κ3) is 4.14. The Hall–Kier alpha value is -2.81. The van der Waals surface area contributed by atoms with Crippen LogP contribution in [0.15, 0.2) is 24.3 Å². The van der Waals surface area contributed by atoms with Crippen LogP contribution in [-0.2, 0) is 4.79 Å². The maximum absolute atomic E-state index is 13.5. The van der Waals surface area contributed by atoms with E-state index in [-0.39, 0.29) is 23.4 Å². The molecule has 154 valence electrons. The van der Waals surface area contributed by atoms with Crippen molar-refractivity contribution in [3.05, 3.63) is 47.2 Å². The normalized spacial score (nSPS) is 21.9. The molecule has 2 fully saturated rings. The number of halogens is 2. The van der Waals surface area contributed by atoms with Crippen LogP contribution in [0.2, 0.25) is 0 Å². The molecule has 2 aromatic rings. The molecule has 0 bridgehead atoms. The van der Waals surface area contributed by atoms with Crippen molar-refractivity contribution in [3.63, 3.8) is 0 Å². The third-order valence-electron chi connectivity index (χ3n) is 5.30. The second kappa shape index (κ2) is 7.55. The summed E-state index contributed by atoms with van der Waals surface area (Å²) < 4.78 is 28.2. The lowest BCUT2D eigenvalue weighted by Crippen LogP contribution is -2.55. The molecular formula is C20H23F2N5O2. The SMILES string of the molecule is CC(C)C1CC(=O)NC(n2nc(C3CC3)cc2NC(=O)c2ccc(F)c(F)c2)N1. The topological polar surface area (TPSA) is 88.1 Å². The lowest BCUT2D eigenvalue weighted by molar-refractivity contribution is -0.126. The zero-order chi connectivity index (χ0) is 20.7. The van der Waals surface area contributed by atoms with E-state index >= 15 is 0 Å². The molecule has 9 heteroatoms. The summed E-state index contributed by atoms with van der Waals surface area (Å²) in [5, 5.41) is 13.5. The van der Waals surface area contributed by atoms with Crippen LogP contribution in [0, 0.1) is 17.6 Å². The molecule has 3 N–H and O–H groups in total. The molecule has 1 saturated heterocycles. The Bertz CT molecular complexity index is 954. The minimum absolute atomic E-state index is 0.00896. The lowest BCUT2D eigenvalue weighted by Gasteiger charge is -2.34. The van der Waals surface area contributed by atoms with Crippen LogP contribution in [0.1, 0.15) is 61.4 Å². The van der Waals surface area contributed by atoms with Crippen molar-refractivity contribution in [2.45, 2.75) is 51.4 Å². The van der Waals surface area contributed by atoms with Crippen LogP contribution in [0.5, 0.6) is 0 Å². The first-order chi connectivity index (χ1) is 13.8. The van der Waals surface area contributed by atoms with Crippen molar-refractivity contribution in [2.24, 2.45) is 5.92 Å². The van der Waals surface area contributed by atoms with Crippen molar-refractivity contribution in [3.8, 4) is 0 Å². The Morgan fingerprint density at radius 1 is 1.24 bits per heavy atom. The standard InChI is InChI=1S/C20H23F2N5O2/c1-10(2)15-9-18(28)25-20(23-15)27-17(8-16(26-27)11-3-4-11)24-19(29)12-5-6-13(21)14(22)7-12/h5-8,10-11,15,20,23H,3-4,9H2,1-2H3,(H,24,29)(H,25,28). The summed E-state index contributed by atoms with van der Waals surface area (Å²) in [6.45, 7) is 4.05. The molecule has 4 rings (SSSR count). The molecule has 0 spiro atoms. The van der Waals surface area contributed by atoms with Gasteiger partial charge in [0.05, 0.1) is 5.69 Å². The fraction of sp³-hybridized carbons (Fsp3) is 0.450. The van der Waals surface area contributed by atoms with E-state index in [9.17, 15) is 18.4 Å². The molecule has 2 aliphatic rings. The number of aromatic nitrogens is 2. The van der Waals surface area contributed by atoms with Gasteiger partial charge in [-0.15, -0.1) is 0 Å². The zero-order valence-electron chi connectivity index (χ0n) is 16.2. The van der Waals surface area contributed by atoms with Crippen LogP contribution in [0.25, 0.3) is 0 Å². The van der Waals surface area contributed by atoms with Crippen LogP contribution in [0.4, 0.5) is 14.6 Å². The van der Waals surface area contributed by atoms with Gasteiger partial charge in [-0.1, -0.05) is 13.8 Å². The van der Waals surface area contributed by atoms with Gasteiger partial charge in [-0.05, 0) is 37.0 Å². The summed E-state index contributed by atoms with van der Waals surface area (Å²) in [6, 6.07) is 4.71. The molecule has 2 atom stereocenters. The number of amides is 2. The van der Waals surface area contributed by atoms with E-state index in [1.54, 1.807) is 6.07 Å². The van der Waals surface area contributed by atoms with Gasteiger partial charge in [0.1, 0.15) is 5.82 Å². The maximum Gasteiger partial charge on any atom is 0.256 e. The van der Waals surface area contributed by atoms with Gasteiger partial charge in [0.15, 0.2) is 17.9 Å². The van der Waals surface area contributed by atoms with Crippen molar-refractivity contribution in [2.75, 3.05) is 5.32 Å². The fourth-order valence-electron chi connectivity index (χ4n) is 3.38. The molecule has 2 amide bonds. The Balaban J connectivity index is 1.62. The maximum atomic E-state index is 13.5. The lowest BCUT2D eigenvalue weighted by atomic mass is 9.99. The Kier molecular flexibility index (Phi) is 5.08. The van der Waals surface area contributed by atoms with E-state index in [0.29, 0.717) is 18.2 Å². The average Bonchev–Trinajstić information content (AvgIpc) is 3.44. The highest BCUT2D eigenvalue weighted by atomic mass is 19.2. The summed E-state index contributed by atoms with van der Waals surface area (Å²) in [5.74, 6) is -1.85. The Labute approximate surface area is 166 Å². The molecule has 1 saturated carbocycles. The summed E-state index contributed by atoms with van der Waals surface area (Å²) >= 11 is 0. The monoisotopic (exact) mass is 403 g/mol. The zero-order valence-corrected chi connectivity index (χ0v) is 16.2. The van der Waals surface area contributed by atoms with E-state index in [0.717, 1.165) is 30.7 Å². The minimum atomic E-state index is -1.09. The molecular weight excluding hydrogens is 380 g/mol. The van der Waals surface area contributed by atoms with Gasteiger partial charge in [-0.3, -0.25) is 14.9 Å². The Morgan fingerprint density at radius 2 is 2.00 bits per heavy atom. The van der Waals surface area contributed by atoms with Gasteiger partial charge in [0.25, 0.3) is 5.91 Å². The number of carbonyl (C=O) groups is 2. The average molecular weight is 403 g/mol. The van der Waals surface area contributed by atoms with Crippen molar-refractivity contribution < 1.29 is 18.4 Å². The predicted molar refractivity (Wildman–Crippen MR) is 102 cm³/mol. The van der Waals surface area contributed by atoms with Crippen molar-refractivity contribution in [1.29, 1.82) is 0 Å². The molecule has 1 aliphatic heterocycles. The van der Waals surface area contributed by atoms with E-state index in [4.69, 9.17) is 0 Å². The number of benzene rings is 1. The van der Waals surface area contributed by atoms with Crippen LogP contribution in [-0.4, -0.2) is 27.6 Å². The van der Waals surface area contributed by atoms with E-state index in [1.165, 1.54) is 10.7 Å². The van der Waals surface area contributed by atoms with Gasteiger partial charge >= 0.3 is 0 Å². The molecule has 2 unspecified atom stereocenters. The number of hydrogen-bond donors (Lipinski definition) is 3. The van der Waals surface area contributed by atoms with Crippen molar-refractivity contribution >= 4 is 17.6 Å². The first-order valence-corrected chi connectivity index (χ1v) is 9.73. The molecule has 7 nitrogen and oxygen atoms in total. The largest absolute Gasteiger partial charge is 0.322 e. The smallest absolute Gasteiger partial charge is 0.256 e. The third-order valence-corrected chi connectivity index (χ3v) is 5.30. The van der Waals surface area contributed by atoms with Crippen molar-refractivity contribution in [1.82, 2.24) is 20.4 Å². The molecule has 2 heterocycles. The number of nitrogens with one attached hydrogen (secondary N) is 3. The molecule has 0 radical (unpaired) electrons. The van der Waals surface area contributed by atoms with Gasteiger partial charge in [0, 0.05) is 30.0 Å². The van der Waals surface area contributed by atoms with Crippen LogP contribution < -0.4 is 16.0 Å². The second-order valence-corrected chi connectivity index (χ2v) is 7.95. The number of hydrogen-bond acceptors (Lipinski definition) is 4. The summed E-state index contributed by atoms with van der Waals surface area (Å²) in [7, 11) is 0. The molecule has 29 heavy (non-hydrogen) atoms. The highest BCUT2D eigenvalue weighted by Crippen LogP contribution is 2.40. The molecule has 1 aliphatic carbocycles. The van der Waals surface area contributed by atoms with Gasteiger partial charge in [0.2, 0.25) is 5.91 Å². The number of nitrogens with zero attached hydrogens (tertiary/aromatic N) is 2. The first-order valence-electron chi connectivity index (χ1n) is 9.73. The first kappa shape index (κ1) is 19.5. The summed E-state index contributed by atoms with van der Waals surface area (Å²) in [5.41, 5.74) is 0.818. The van der Waals surface area contributed by atoms with E-state index in [2.05, 4.69) is 21.0 Å². The van der Waals surface area contributed by atoms with E-state index < -0.39 is 23.8 Å². The quantitative estimate of drug-likeness (QED) is 0.716.